The first-order chi connectivity index (χ1) is 18.4. The summed E-state index contributed by atoms with van der Waals surface area (Å²) in [4.78, 5) is 7.13. The Labute approximate surface area is 221 Å². The summed E-state index contributed by atoms with van der Waals surface area (Å²) in [7, 11) is 0. The molecule has 10 heteroatoms. The number of hydrogen-bond acceptors (Lipinski definition) is 10. The molecule has 3 aliphatic heterocycles. The van der Waals surface area contributed by atoms with Gasteiger partial charge in [0.1, 0.15) is 19.0 Å². The van der Waals surface area contributed by atoms with Gasteiger partial charge in [-0.3, -0.25) is 0 Å². The number of phenols is 1. The second kappa shape index (κ2) is 8.76. The molecule has 4 aliphatic rings. The second-order valence-corrected chi connectivity index (χ2v) is 11.8. The average molecular weight is 516 g/mol. The summed E-state index contributed by atoms with van der Waals surface area (Å²) in [6, 6.07) is 7.98. The van der Waals surface area contributed by atoms with Gasteiger partial charge in [0, 0.05) is 34.8 Å². The molecule has 0 amide bonds. The molecule has 1 unspecified atom stereocenters. The first-order valence-electron chi connectivity index (χ1n) is 13.6. The number of hydrogen-bond donors (Lipinski definition) is 2. The van der Waals surface area contributed by atoms with Gasteiger partial charge in [0.05, 0.1) is 17.5 Å². The van der Waals surface area contributed by atoms with Gasteiger partial charge in [-0.1, -0.05) is 6.07 Å². The Kier molecular flexibility index (Phi) is 5.43. The molecule has 0 spiro atoms. The lowest BCUT2D eigenvalue weighted by Gasteiger charge is -2.55. The normalized spacial score (nSPS) is 28.1. The van der Waals surface area contributed by atoms with Crippen molar-refractivity contribution < 1.29 is 14.6 Å². The summed E-state index contributed by atoms with van der Waals surface area (Å²) in [5.41, 5.74) is 2.14. The molecule has 3 fully saturated rings. The molecule has 1 saturated carbocycles. The summed E-state index contributed by atoms with van der Waals surface area (Å²) in [6.07, 6.45) is 10.1. The second-order valence-electron chi connectivity index (χ2n) is 11.8. The topological polar surface area (TPSA) is 118 Å². The molecular formula is C28H33N7O3. The van der Waals surface area contributed by atoms with Crippen LogP contribution in [0.2, 0.25) is 0 Å². The Morgan fingerprint density at radius 1 is 0.947 bits per heavy atom. The Bertz CT molecular complexity index is 1350. The van der Waals surface area contributed by atoms with Gasteiger partial charge in [-0.2, -0.15) is 0 Å². The smallest absolute Gasteiger partial charge is 0.276 e. The first kappa shape index (κ1) is 23.6. The maximum Gasteiger partial charge on any atom is 0.276 e. The van der Waals surface area contributed by atoms with Gasteiger partial charge < -0.3 is 24.8 Å². The van der Waals surface area contributed by atoms with Crippen molar-refractivity contribution in [3.05, 3.63) is 30.5 Å². The number of nitrogens with one attached hydrogen (secondary N) is 1. The standard InChI is InChI=1S/C28H33N7O3/c1-27-8-3-9-28(2,34-27)15-19(14-27)35(18-5-6-18)24-16-29-25(32-31-24)20-7-4-17(12-22(20)36)21-13-23-26(33-30-21)38-11-10-37-23/h4,7,12-13,16,18-19,34,36H,3,5-6,8-11,14-15H2,1-2H3/t19?,27-,28+. The number of anilines is 1. The molecule has 7 rings (SSSR count). The summed E-state index contributed by atoms with van der Waals surface area (Å²) < 4.78 is 11.1. The molecule has 1 aromatic carbocycles. The highest BCUT2D eigenvalue weighted by molar-refractivity contribution is 5.72. The fourth-order valence-corrected chi connectivity index (χ4v) is 6.75. The molecule has 0 radical (unpaired) electrons. The number of ether oxygens (including phenoxy) is 2. The van der Waals surface area contributed by atoms with Gasteiger partial charge >= 0.3 is 0 Å². The summed E-state index contributed by atoms with van der Waals surface area (Å²) in [5, 5.41) is 32.2. The highest BCUT2D eigenvalue weighted by Crippen LogP contribution is 2.45. The number of phenolic OH excluding ortho intramolecular Hbond substituents is 1. The average Bonchev–Trinajstić information content (AvgIpc) is 3.73. The van der Waals surface area contributed by atoms with Gasteiger partial charge in [-0.05, 0) is 70.9 Å². The lowest BCUT2D eigenvalue weighted by Crippen LogP contribution is -2.67. The Balaban J connectivity index is 1.13. The van der Waals surface area contributed by atoms with Crippen molar-refractivity contribution in [2.45, 2.75) is 82.0 Å². The zero-order valence-corrected chi connectivity index (χ0v) is 21.9. The number of piperidine rings is 2. The van der Waals surface area contributed by atoms with Crippen molar-refractivity contribution in [2.24, 2.45) is 0 Å². The van der Waals surface area contributed by atoms with Crippen LogP contribution in [0.15, 0.2) is 30.5 Å². The van der Waals surface area contributed by atoms with Crippen molar-refractivity contribution >= 4 is 5.82 Å². The van der Waals surface area contributed by atoms with Crippen LogP contribution in [0.3, 0.4) is 0 Å². The van der Waals surface area contributed by atoms with Crippen LogP contribution in [0.4, 0.5) is 5.82 Å². The van der Waals surface area contributed by atoms with E-state index in [-0.39, 0.29) is 16.8 Å². The van der Waals surface area contributed by atoms with Crippen LogP contribution in [0, 0.1) is 0 Å². The number of aromatic nitrogens is 5. The SMILES string of the molecule is C[C@]12CCC[C@](C)(CC(N(c3cnc(-c4ccc(-c5cc6c(nn5)OCCO6)cc4O)nn3)C3CC3)C1)N2. The van der Waals surface area contributed by atoms with Gasteiger partial charge in [0.2, 0.25) is 0 Å². The quantitative estimate of drug-likeness (QED) is 0.518. The maximum absolute atomic E-state index is 10.8. The molecular weight excluding hydrogens is 482 g/mol. The minimum Gasteiger partial charge on any atom is -0.507 e. The van der Waals surface area contributed by atoms with E-state index in [9.17, 15) is 5.11 Å². The van der Waals surface area contributed by atoms with E-state index in [1.54, 1.807) is 18.2 Å². The maximum atomic E-state index is 10.8. The van der Waals surface area contributed by atoms with Crippen LogP contribution in [-0.4, -0.2) is 66.9 Å². The third kappa shape index (κ3) is 4.30. The van der Waals surface area contributed by atoms with Gasteiger partial charge in [-0.25, -0.2) is 4.98 Å². The van der Waals surface area contributed by atoms with Crippen molar-refractivity contribution in [1.29, 1.82) is 0 Å². The van der Waals surface area contributed by atoms with E-state index in [4.69, 9.17) is 9.47 Å². The number of aromatic hydroxyl groups is 1. The third-order valence-corrected chi connectivity index (χ3v) is 8.42. The molecule has 10 nitrogen and oxygen atoms in total. The van der Waals surface area contributed by atoms with Crippen LogP contribution >= 0.6 is 0 Å². The largest absolute Gasteiger partial charge is 0.507 e. The zero-order chi connectivity index (χ0) is 25.9. The zero-order valence-electron chi connectivity index (χ0n) is 21.9. The predicted octanol–water partition coefficient (Wildman–Crippen LogP) is 3.89. The fourth-order valence-electron chi connectivity index (χ4n) is 6.75. The molecule has 38 heavy (non-hydrogen) atoms. The van der Waals surface area contributed by atoms with E-state index >= 15 is 0 Å². The Morgan fingerprint density at radius 3 is 2.45 bits per heavy atom. The van der Waals surface area contributed by atoms with E-state index in [0.29, 0.717) is 59.6 Å². The van der Waals surface area contributed by atoms with E-state index in [1.807, 2.05) is 12.3 Å². The molecule has 3 atom stereocenters. The lowest BCUT2D eigenvalue weighted by atomic mass is 9.69. The molecule has 2 saturated heterocycles. The molecule has 5 heterocycles. The minimum atomic E-state index is 0.0554. The van der Waals surface area contributed by atoms with E-state index in [1.165, 1.54) is 32.1 Å². The van der Waals surface area contributed by atoms with Crippen molar-refractivity contribution in [3.8, 4) is 40.0 Å². The summed E-state index contributed by atoms with van der Waals surface area (Å²) in [5.74, 6) is 2.21. The van der Waals surface area contributed by atoms with E-state index < -0.39 is 0 Å². The van der Waals surface area contributed by atoms with Crippen LogP contribution in [-0.2, 0) is 0 Å². The minimum absolute atomic E-state index is 0.0554. The van der Waals surface area contributed by atoms with Crippen molar-refractivity contribution in [2.75, 3.05) is 18.1 Å². The molecule has 198 valence electrons. The van der Waals surface area contributed by atoms with Crippen LogP contribution in [0.25, 0.3) is 22.6 Å². The Morgan fingerprint density at radius 2 is 1.74 bits per heavy atom. The van der Waals surface area contributed by atoms with Crippen LogP contribution < -0.4 is 19.7 Å². The monoisotopic (exact) mass is 515 g/mol. The molecule has 1 aliphatic carbocycles. The molecule has 3 aromatic rings. The number of benzene rings is 1. The van der Waals surface area contributed by atoms with Gasteiger partial charge in [0.25, 0.3) is 5.88 Å². The summed E-state index contributed by atoms with van der Waals surface area (Å²) >= 11 is 0. The number of nitrogens with zero attached hydrogens (tertiary/aromatic N) is 6. The molecule has 2 N–H and O–H groups in total. The van der Waals surface area contributed by atoms with Crippen molar-refractivity contribution in [1.82, 2.24) is 30.7 Å². The number of rotatable bonds is 5. The highest BCUT2D eigenvalue weighted by atomic mass is 16.6. The van der Waals surface area contributed by atoms with Crippen LogP contribution in [0.1, 0.15) is 58.8 Å². The number of fused-ring (bicyclic) bond motifs is 3. The van der Waals surface area contributed by atoms with E-state index in [0.717, 1.165) is 18.7 Å². The van der Waals surface area contributed by atoms with Gasteiger partial charge in [0.15, 0.2) is 17.4 Å². The predicted molar refractivity (Wildman–Crippen MR) is 141 cm³/mol. The summed E-state index contributed by atoms with van der Waals surface area (Å²) in [6.45, 7) is 5.67. The highest BCUT2D eigenvalue weighted by Gasteiger charge is 2.49. The fraction of sp³-hybridized carbons (Fsp3) is 0.536. The molecule has 2 bridgehead atoms. The van der Waals surface area contributed by atoms with Crippen molar-refractivity contribution in [3.63, 3.8) is 0 Å². The van der Waals surface area contributed by atoms with Crippen LogP contribution in [0.5, 0.6) is 17.4 Å². The Hall–Kier alpha value is -3.53. The lowest BCUT2D eigenvalue weighted by molar-refractivity contribution is 0.0766. The van der Waals surface area contributed by atoms with Gasteiger partial charge in [-0.15, -0.1) is 20.4 Å². The molecule has 2 aromatic heterocycles. The first-order valence-corrected chi connectivity index (χ1v) is 13.6. The third-order valence-electron chi connectivity index (χ3n) is 8.42. The van der Waals surface area contributed by atoms with E-state index in [2.05, 4.69) is 49.4 Å².